The molecule has 0 fully saturated rings. The summed E-state index contributed by atoms with van der Waals surface area (Å²) in [6, 6.07) is 26.4. The summed E-state index contributed by atoms with van der Waals surface area (Å²) in [6.45, 7) is 2.03. The maximum atomic E-state index is 12.8. The number of anilines is 1. The quantitative estimate of drug-likeness (QED) is 0.458. The molecule has 0 aliphatic carbocycles. The lowest BCUT2D eigenvalue weighted by molar-refractivity contribution is 0.104. The van der Waals surface area contributed by atoms with Crippen LogP contribution >= 0.6 is 11.8 Å². The zero-order valence-corrected chi connectivity index (χ0v) is 16.0. The fourth-order valence-electron chi connectivity index (χ4n) is 3.18. The molecule has 1 unspecified atom stereocenters. The molecule has 1 N–H and O–H groups in total. The van der Waals surface area contributed by atoms with Gasteiger partial charge in [0.15, 0.2) is 5.78 Å². The molecule has 0 aromatic heterocycles. The van der Waals surface area contributed by atoms with Gasteiger partial charge in [0.05, 0.1) is 10.9 Å². The lowest BCUT2D eigenvalue weighted by Crippen LogP contribution is -2.22. The number of ketones is 1. The molecule has 2 nitrogen and oxygen atoms in total. The summed E-state index contributed by atoms with van der Waals surface area (Å²) < 4.78 is 0. The molecule has 0 amide bonds. The SMILES string of the molecule is Cc1ccc(C(=O)/C=C2\Nc3ccccc3SC2Cc2ccccc2)cc1. The van der Waals surface area contributed by atoms with Crippen molar-refractivity contribution >= 4 is 23.2 Å². The Hall–Kier alpha value is -2.78. The monoisotopic (exact) mass is 371 g/mol. The van der Waals surface area contributed by atoms with Crippen LogP contribution < -0.4 is 5.32 Å². The molecule has 3 aromatic carbocycles. The number of allylic oxidation sites excluding steroid dienone is 1. The number of carbonyl (C=O) groups is 1. The predicted octanol–water partition coefficient (Wildman–Crippen LogP) is 5.89. The second-order valence-corrected chi connectivity index (χ2v) is 7.99. The van der Waals surface area contributed by atoms with Crippen molar-refractivity contribution in [1.29, 1.82) is 0 Å². The summed E-state index contributed by atoms with van der Waals surface area (Å²) in [6.07, 6.45) is 2.64. The van der Waals surface area contributed by atoms with Gasteiger partial charge in [0, 0.05) is 22.2 Å². The molecule has 4 rings (SSSR count). The van der Waals surface area contributed by atoms with Crippen LogP contribution in [0.1, 0.15) is 21.5 Å². The summed E-state index contributed by atoms with van der Waals surface area (Å²) in [7, 11) is 0. The summed E-state index contributed by atoms with van der Waals surface area (Å²) in [4.78, 5) is 14.0. The molecule has 1 aliphatic rings. The Balaban J connectivity index is 1.66. The van der Waals surface area contributed by atoms with Gasteiger partial charge in [-0.15, -0.1) is 11.8 Å². The Labute approximate surface area is 164 Å². The molecule has 1 atom stereocenters. The average molecular weight is 372 g/mol. The van der Waals surface area contributed by atoms with Gasteiger partial charge in [-0.3, -0.25) is 4.79 Å². The van der Waals surface area contributed by atoms with Crippen LogP contribution in [-0.4, -0.2) is 11.0 Å². The third kappa shape index (κ3) is 4.15. The van der Waals surface area contributed by atoms with E-state index in [1.54, 1.807) is 6.08 Å². The van der Waals surface area contributed by atoms with E-state index in [0.29, 0.717) is 0 Å². The Kier molecular flexibility index (Phi) is 5.12. The van der Waals surface area contributed by atoms with Crippen molar-refractivity contribution in [2.24, 2.45) is 0 Å². The van der Waals surface area contributed by atoms with Crippen LogP contribution in [0.2, 0.25) is 0 Å². The number of aryl methyl sites for hydroxylation is 1. The van der Waals surface area contributed by atoms with Gasteiger partial charge in [0.2, 0.25) is 0 Å². The summed E-state index contributed by atoms with van der Waals surface area (Å²) in [5, 5.41) is 3.68. The third-order valence-corrected chi connectivity index (χ3v) is 5.98. The Morgan fingerprint density at radius 1 is 0.963 bits per heavy atom. The molecule has 1 aliphatic heterocycles. The van der Waals surface area contributed by atoms with Gasteiger partial charge in [-0.25, -0.2) is 0 Å². The second kappa shape index (κ2) is 7.85. The van der Waals surface area contributed by atoms with Gasteiger partial charge >= 0.3 is 0 Å². The van der Waals surface area contributed by atoms with Gasteiger partial charge in [-0.2, -0.15) is 0 Å². The second-order valence-electron chi connectivity index (χ2n) is 6.75. The van der Waals surface area contributed by atoms with E-state index < -0.39 is 0 Å². The topological polar surface area (TPSA) is 29.1 Å². The number of carbonyl (C=O) groups excluding carboxylic acids is 1. The molecule has 0 saturated carbocycles. The normalized spacial score (nSPS) is 17.2. The largest absolute Gasteiger partial charge is 0.357 e. The molecule has 0 spiro atoms. The number of benzene rings is 3. The van der Waals surface area contributed by atoms with Gasteiger partial charge in [-0.05, 0) is 31.0 Å². The average Bonchev–Trinajstić information content (AvgIpc) is 2.69. The number of para-hydroxylation sites is 1. The number of rotatable bonds is 4. The van der Waals surface area contributed by atoms with Gasteiger partial charge < -0.3 is 5.32 Å². The van der Waals surface area contributed by atoms with Crippen LogP contribution in [0, 0.1) is 6.92 Å². The van der Waals surface area contributed by atoms with Crippen molar-refractivity contribution in [3.63, 3.8) is 0 Å². The van der Waals surface area contributed by atoms with E-state index in [9.17, 15) is 4.79 Å². The third-order valence-electron chi connectivity index (χ3n) is 4.67. The Bertz CT molecular complexity index is 977. The van der Waals surface area contributed by atoms with Crippen molar-refractivity contribution in [2.75, 3.05) is 5.32 Å². The van der Waals surface area contributed by atoms with Gasteiger partial charge in [0.25, 0.3) is 0 Å². The summed E-state index contributed by atoms with van der Waals surface area (Å²) in [5.41, 5.74) is 5.17. The molecule has 0 saturated heterocycles. The van der Waals surface area contributed by atoms with Crippen molar-refractivity contribution in [1.82, 2.24) is 0 Å². The van der Waals surface area contributed by atoms with Crippen molar-refractivity contribution < 1.29 is 4.79 Å². The number of nitrogens with one attached hydrogen (secondary N) is 1. The molecule has 27 heavy (non-hydrogen) atoms. The molecule has 1 heterocycles. The zero-order chi connectivity index (χ0) is 18.6. The zero-order valence-electron chi connectivity index (χ0n) is 15.2. The maximum absolute atomic E-state index is 12.8. The minimum Gasteiger partial charge on any atom is -0.357 e. The van der Waals surface area contributed by atoms with Crippen LogP contribution in [0.15, 0.2) is 95.5 Å². The predicted molar refractivity (Wildman–Crippen MR) is 113 cm³/mol. The number of hydrogen-bond donors (Lipinski definition) is 1. The highest BCUT2D eigenvalue weighted by molar-refractivity contribution is 8.00. The summed E-state index contributed by atoms with van der Waals surface area (Å²) in [5.74, 6) is 0.0375. The van der Waals surface area contributed by atoms with Crippen LogP contribution in [0.4, 0.5) is 5.69 Å². The van der Waals surface area contributed by atoms with E-state index >= 15 is 0 Å². The molecule has 3 heteroatoms. The highest BCUT2D eigenvalue weighted by Gasteiger charge is 2.24. The number of thioether (sulfide) groups is 1. The first-order valence-electron chi connectivity index (χ1n) is 9.08. The van der Waals surface area contributed by atoms with Gasteiger partial charge in [-0.1, -0.05) is 72.3 Å². The van der Waals surface area contributed by atoms with Crippen LogP contribution in [0.5, 0.6) is 0 Å². The first-order chi connectivity index (χ1) is 13.2. The number of hydrogen-bond acceptors (Lipinski definition) is 3. The standard InChI is InChI=1S/C24H21NOS/c1-17-11-13-19(14-12-17)22(26)16-21-24(15-18-7-3-2-4-8-18)27-23-10-6-5-9-20(23)25-21/h2-14,16,24-25H,15H2,1H3/b21-16-. The van der Waals surface area contributed by atoms with Crippen LogP contribution in [0.3, 0.4) is 0 Å². The Morgan fingerprint density at radius 3 is 2.44 bits per heavy atom. The lowest BCUT2D eigenvalue weighted by atomic mass is 10.0. The van der Waals surface area contributed by atoms with E-state index in [2.05, 4.69) is 47.8 Å². The molecule has 0 bridgehead atoms. The number of fused-ring (bicyclic) bond motifs is 1. The highest BCUT2D eigenvalue weighted by atomic mass is 32.2. The summed E-state index contributed by atoms with van der Waals surface area (Å²) >= 11 is 1.82. The van der Waals surface area contributed by atoms with Crippen molar-refractivity contribution in [3.05, 3.63) is 107 Å². The fraction of sp³-hybridized carbons (Fsp3) is 0.125. The van der Waals surface area contributed by atoms with E-state index in [4.69, 9.17) is 0 Å². The van der Waals surface area contributed by atoms with E-state index in [1.165, 1.54) is 10.5 Å². The molecular weight excluding hydrogens is 350 g/mol. The molecule has 3 aromatic rings. The molecule has 0 radical (unpaired) electrons. The minimum absolute atomic E-state index is 0.0375. The smallest absolute Gasteiger partial charge is 0.187 e. The lowest BCUT2D eigenvalue weighted by Gasteiger charge is -2.28. The van der Waals surface area contributed by atoms with Crippen molar-refractivity contribution in [2.45, 2.75) is 23.5 Å². The minimum atomic E-state index is 0.0375. The van der Waals surface area contributed by atoms with E-state index in [1.807, 2.05) is 55.1 Å². The van der Waals surface area contributed by atoms with E-state index in [0.717, 1.165) is 28.9 Å². The first-order valence-corrected chi connectivity index (χ1v) is 9.96. The van der Waals surface area contributed by atoms with Crippen LogP contribution in [0.25, 0.3) is 0 Å². The maximum Gasteiger partial charge on any atom is 0.187 e. The first kappa shape index (κ1) is 17.6. The Morgan fingerprint density at radius 2 is 1.67 bits per heavy atom. The van der Waals surface area contributed by atoms with Gasteiger partial charge in [0.1, 0.15) is 0 Å². The van der Waals surface area contributed by atoms with Crippen molar-refractivity contribution in [3.8, 4) is 0 Å². The van der Waals surface area contributed by atoms with E-state index in [-0.39, 0.29) is 11.0 Å². The van der Waals surface area contributed by atoms with Crippen LogP contribution in [-0.2, 0) is 6.42 Å². The molecule has 134 valence electrons. The fourth-order valence-corrected chi connectivity index (χ4v) is 4.42. The highest BCUT2D eigenvalue weighted by Crippen LogP contribution is 2.40. The molecular formula is C24H21NOS.